The van der Waals surface area contributed by atoms with Gasteiger partial charge in [-0.2, -0.15) is 0 Å². The average Bonchev–Trinajstić information content (AvgIpc) is 2.74. The summed E-state index contributed by atoms with van der Waals surface area (Å²) in [5, 5.41) is 21.6. The molecule has 1 aromatic heterocycles. The highest BCUT2D eigenvalue weighted by atomic mass is 16.2. The number of carbonyl (C=O) groups excluding carboxylic acids is 1. The third-order valence-corrected chi connectivity index (χ3v) is 5.15. The minimum absolute atomic E-state index is 0.139. The summed E-state index contributed by atoms with van der Waals surface area (Å²) in [7, 11) is 0. The molecule has 3 aromatic rings. The van der Waals surface area contributed by atoms with Crippen LogP contribution in [0, 0.1) is 10.8 Å². The van der Waals surface area contributed by atoms with Gasteiger partial charge < -0.3 is 9.80 Å². The van der Waals surface area contributed by atoms with Crippen LogP contribution in [0.5, 0.6) is 0 Å². The number of aromatic nitrogens is 2. The molecule has 2 N–H and O–H groups in total. The summed E-state index contributed by atoms with van der Waals surface area (Å²) in [5.74, 6) is 0.862. The van der Waals surface area contributed by atoms with Gasteiger partial charge in [-0.3, -0.25) is 15.6 Å². The van der Waals surface area contributed by atoms with Crippen molar-refractivity contribution in [3.05, 3.63) is 65.6 Å². The van der Waals surface area contributed by atoms with E-state index in [0.717, 1.165) is 28.5 Å². The number of piperazine rings is 1. The van der Waals surface area contributed by atoms with Crippen molar-refractivity contribution in [1.82, 2.24) is 14.7 Å². The van der Waals surface area contributed by atoms with Crippen LogP contribution in [0.25, 0.3) is 10.8 Å². The third kappa shape index (κ3) is 3.51. The zero-order valence-corrected chi connectivity index (χ0v) is 15.5. The van der Waals surface area contributed by atoms with Crippen molar-refractivity contribution in [2.45, 2.75) is 6.42 Å². The van der Waals surface area contributed by atoms with E-state index in [1.54, 1.807) is 12.1 Å². The first-order valence-corrected chi connectivity index (χ1v) is 9.30. The molecule has 0 unspecified atom stereocenters. The monoisotopic (exact) mass is 374 g/mol. The number of fused-ring (bicyclic) bond motifs is 1. The standard InChI is InChI=1S/C21H22N6O/c22-15-27-19(23)8-9-20(24-27)25-10-12-26(13-11-25)21(28)14-17-6-3-5-16-4-1-2-7-18(16)17/h1-9,15,22-23H,10-14H2. The van der Waals surface area contributed by atoms with Gasteiger partial charge in [0, 0.05) is 26.2 Å². The van der Waals surface area contributed by atoms with Crippen LogP contribution in [-0.4, -0.2) is 53.1 Å². The Morgan fingerprint density at radius 1 is 1.00 bits per heavy atom. The first kappa shape index (κ1) is 17.9. The maximum atomic E-state index is 12.8. The van der Waals surface area contributed by atoms with Crippen molar-refractivity contribution in [2.75, 3.05) is 31.1 Å². The predicted octanol–water partition coefficient (Wildman–Crippen LogP) is 1.86. The molecule has 1 amide bonds. The van der Waals surface area contributed by atoms with E-state index >= 15 is 0 Å². The van der Waals surface area contributed by atoms with Crippen molar-refractivity contribution in [3.63, 3.8) is 0 Å². The van der Waals surface area contributed by atoms with E-state index in [0.29, 0.717) is 32.6 Å². The molecule has 142 valence electrons. The number of nitrogens with zero attached hydrogens (tertiary/aromatic N) is 4. The Bertz CT molecular complexity index is 1080. The largest absolute Gasteiger partial charge is 0.352 e. The van der Waals surface area contributed by atoms with Crippen molar-refractivity contribution >= 4 is 28.8 Å². The van der Waals surface area contributed by atoms with Crippen molar-refractivity contribution in [2.24, 2.45) is 0 Å². The van der Waals surface area contributed by atoms with E-state index < -0.39 is 0 Å². The van der Waals surface area contributed by atoms with E-state index in [2.05, 4.69) is 28.2 Å². The normalized spacial score (nSPS) is 14.3. The van der Waals surface area contributed by atoms with Gasteiger partial charge in [0.1, 0.15) is 17.6 Å². The van der Waals surface area contributed by atoms with Gasteiger partial charge in [-0.1, -0.05) is 42.5 Å². The van der Waals surface area contributed by atoms with E-state index in [-0.39, 0.29) is 11.4 Å². The Hall–Kier alpha value is -3.48. The number of hydrogen-bond donors (Lipinski definition) is 2. The number of anilines is 1. The molecule has 1 fully saturated rings. The molecule has 1 aliphatic rings. The number of amides is 1. The predicted molar refractivity (Wildman–Crippen MR) is 109 cm³/mol. The fourth-order valence-electron chi connectivity index (χ4n) is 3.60. The summed E-state index contributed by atoms with van der Waals surface area (Å²) in [5.41, 5.74) is 1.23. The topological polar surface area (TPSA) is 89.1 Å². The lowest BCUT2D eigenvalue weighted by Gasteiger charge is -2.35. The zero-order chi connectivity index (χ0) is 19.5. The summed E-state index contributed by atoms with van der Waals surface area (Å²) in [6, 6.07) is 17.7. The van der Waals surface area contributed by atoms with Gasteiger partial charge in [-0.05, 0) is 28.5 Å². The second kappa shape index (κ2) is 7.64. The van der Waals surface area contributed by atoms with Crippen LogP contribution in [0.2, 0.25) is 0 Å². The van der Waals surface area contributed by atoms with Gasteiger partial charge in [-0.25, -0.2) is 4.68 Å². The maximum Gasteiger partial charge on any atom is 0.227 e. The van der Waals surface area contributed by atoms with E-state index in [1.807, 2.05) is 29.2 Å². The highest BCUT2D eigenvalue weighted by Crippen LogP contribution is 2.20. The van der Waals surface area contributed by atoms with E-state index in [1.165, 1.54) is 4.68 Å². The summed E-state index contributed by atoms with van der Waals surface area (Å²) in [6.07, 6.45) is 1.43. The number of benzene rings is 2. The van der Waals surface area contributed by atoms with E-state index in [4.69, 9.17) is 10.8 Å². The van der Waals surface area contributed by atoms with Gasteiger partial charge >= 0.3 is 0 Å². The van der Waals surface area contributed by atoms with Crippen LogP contribution < -0.4 is 10.4 Å². The zero-order valence-electron chi connectivity index (χ0n) is 15.5. The van der Waals surface area contributed by atoms with Crippen LogP contribution >= 0.6 is 0 Å². The quantitative estimate of drug-likeness (QED) is 0.540. The van der Waals surface area contributed by atoms with Crippen LogP contribution in [0.15, 0.2) is 54.6 Å². The summed E-state index contributed by atoms with van der Waals surface area (Å²) < 4.78 is 1.23. The molecule has 28 heavy (non-hydrogen) atoms. The van der Waals surface area contributed by atoms with Crippen LogP contribution in [-0.2, 0) is 11.2 Å². The first-order valence-electron chi connectivity index (χ1n) is 9.30. The molecule has 0 atom stereocenters. The molecular formula is C21H22N6O. The molecule has 7 heteroatoms. The van der Waals surface area contributed by atoms with Gasteiger partial charge in [0.05, 0.1) is 6.42 Å². The van der Waals surface area contributed by atoms with Gasteiger partial charge in [0.2, 0.25) is 5.91 Å². The lowest BCUT2D eigenvalue weighted by Crippen LogP contribution is -2.49. The molecule has 0 radical (unpaired) electrons. The molecule has 1 aliphatic heterocycles. The molecule has 2 heterocycles. The SMILES string of the molecule is N=Cn1nc(N2CCN(C(=O)Cc3cccc4ccccc34)CC2)ccc1=N. The summed E-state index contributed by atoms with van der Waals surface area (Å²) >= 11 is 0. The molecule has 0 saturated carbocycles. The maximum absolute atomic E-state index is 12.8. The average molecular weight is 374 g/mol. The van der Waals surface area contributed by atoms with Gasteiger partial charge in [0.15, 0.2) is 0 Å². The number of nitrogens with one attached hydrogen (secondary N) is 2. The summed E-state index contributed by atoms with van der Waals surface area (Å²) in [6.45, 7) is 2.64. The Morgan fingerprint density at radius 3 is 2.54 bits per heavy atom. The third-order valence-electron chi connectivity index (χ3n) is 5.15. The van der Waals surface area contributed by atoms with Crippen molar-refractivity contribution in [3.8, 4) is 0 Å². The van der Waals surface area contributed by atoms with Gasteiger partial charge in [-0.15, -0.1) is 5.10 Å². The fourth-order valence-corrected chi connectivity index (χ4v) is 3.60. The van der Waals surface area contributed by atoms with Crippen molar-refractivity contribution in [1.29, 1.82) is 10.8 Å². The fraction of sp³-hybridized carbons (Fsp3) is 0.238. The second-order valence-corrected chi connectivity index (χ2v) is 6.83. The molecule has 4 rings (SSSR count). The summed E-state index contributed by atoms with van der Waals surface area (Å²) in [4.78, 5) is 16.8. The van der Waals surface area contributed by atoms with Crippen LogP contribution in [0.3, 0.4) is 0 Å². The molecule has 0 bridgehead atoms. The highest BCUT2D eigenvalue weighted by Gasteiger charge is 2.22. The lowest BCUT2D eigenvalue weighted by atomic mass is 10.0. The van der Waals surface area contributed by atoms with Crippen LogP contribution in [0.1, 0.15) is 5.56 Å². The molecule has 2 aromatic carbocycles. The molecule has 0 aliphatic carbocycles. The minimum atomic E-state index is 0.139. The van der Waals surface area contributed by atoms with Crippen molar-refractivity contribution < 1.29 is 4.79 Å². The Morgan fingerprint density at radius 2 is 1.75 bits per heavy atom. The first-order chi connectivity index (χ1) is 13.7. The molecule has 1 saturated heterocycles. The molecular weight excluding hydrogens is 352 g/mol. The minimum Gasteiger partial charge on any atom is -0.352 e. The molecule has 7 nitrogen and oxygen atoms in total. The molecule has 0 spiro atoms. The lowest BCUT2D eigenvalue weighted by molar-refractivity contribution is -0.130. The Labute approximate surface area is 162 Å². The number of carbonyl (C=O) groups is 1. The number of hydrogen-bond acceptors (Lipinski definition) is 5. The van der Waals surface area contributed by atoms with Gasteiger partial charge in [0.25, 0.3) is 0 Å². The Balaban J connectivity index is 1.43. The van der Waals surface area contributed by atoms with Crippen LogP contribution in [0.4, 0.5) is 5.82 Å². The smallest absolute Gasteiger partial charge is 0.227 e. The van der Waals surface area contributed by atoms with E-state index in [9.17, 15) is 4.79 Å². The highest BCUT2D eigenvalue weighted by molar-refractivity contribution is 5.90. The number of rotatable bonds is 4. The Kier molecular flexibility index (Phi) is 4.89. The second-order valence-electron chi connectivity index (χ2n) is 6.83.